The van der Waals surface area contributed by atoms with Gasteiger partial charge in [0.15, 0.2) is 11.9 Å². The van der Waals surface area contributed by atoms with Crippen LogP contribution in [0.1, 0.15) is 6.92 Å². The summed E-state index contributed by atoms with van der Waals surface area (Å²) in [6.07, 6.45) is -0.904. The molecule has 0 N–H and O–H groups in total. The van der Waals surface area contributed by atoms with Crippen LogP contribution in [0.15, 0.2) is 37.2 Å². The van der Waals surface area contributed by atoms with E-state index >= 15 is 0 Å². The quantitative estimate of drug-likeness (QED) is 0.693. The summed E-state index contributed by atoms with van der Waals surface area (Å²) in [6.45, 7) is 0.782. The van der Waals surface area contributed by atoms with Crippen molar-refractivity contribution in [2.45, 2.75) is 19.2 Å². The Morgan fingerprint density at radius 3 is 2.61 bits per heavy atom. The van der Waals surface area contributed by atoms with Crippen molar-refractivity contribution < 1.29 is 22.3 Å². The lowest BCUT2D eigenvalue weighted by atomic mass is 10.2. The van der Waals surface area contributed by atoms with Crippen molar-refractivity contribution in [3.63, 3.8) is 0 Å². The number of ether oxygens (including phenoxy) is 1. The summed E-state index contributed by atoms with van der Waals surface area (Å²) in [5.74, 6) is -1.70. The maximum absolute atomic E-state index is 13.9. The van der Waals surface area contributed by atoms with Crippen LogP contribution in [0.4, 0.5) is 17.6 Å². The molecule has 0 aliphatic carbocycles. The number of rotatable bonds is 3. The van der Waals surface area contributed by atoms with Crippen LogP contribution in [0.25, 0.3) is 16.8 Å². The third-order valence-corrected chi connectivity index (χ3v) is 3.15. The molecule has 0 aliphatic rings. The minimum atomic E-state index is -4.60. The van der Waals surface area contributed by atoms with E-state index in [2.05, 4.69) is 19.7 Å². The SMILES string of the molecule is C[C@H](Oc1ncc(-c2cc3cncn3cn2)cc1F)C(F)(F)F. The predicted octanol–water partition coefficient (Wildman–Crippen LogP) is 3.26. The first kappa shape index (κ1) is 15.2. The van der Waals surface area contributed by atoms with E-state index < -0.39 is 24.0 Å². The average molecular weight is 326 g/mol. The van der Waals surface area contributed by atoms with Crippen LogP contribution in [0.5, 0.6) is 5.88 Å². The monoisotopic (exact) mass is 326 g/mol. The molecule has 0 radical (unpaired) electrons. The smallest absolute Gasteiger partial charge is 0.425 e. The number of halogens is 4. The van der Waals surface area contributed by atoms with E-state index in [9.17, 15) is 17.6 Å². The van der Waals surface area contributed by atoms with E-state index in [1.165, 1.54) is 12.5 Å². The Morgan fingerprint density at radius 1 is 1.13 bits per heavy atom. The van der Waals surface area contributed by atoms with Gasteiger partial charge in [0, 0.05) is 11.8 Å². The van der Waals surface area contributed by atoms with E-state index in [1.54, 1.807) is 23.0 Å². The van der Waals surface area contributed by atoms with Gasteiger partial charge in [-0.3, -0.25) is 4.40 Å². The number of hydrogen-bond acceptors (Lipinski definition) is 4. The Hall–Kier alpha value is -2.71. The highest BCUT2D eigenvalue weighted by atomic mass is 19.4. The van der Waals surface area contributed by atoms with Crippen LogP contribution >= 0.6 is 0 Å². The number of alkyl halides is 3. The van der Waals surface area contributed by atoms with Gasteiger partial charge in [0.1, 0.15) is 12.7 Å². The molecule has 0 unspecified atom stereocenters. The Balaban J connectivity index is 1.89. The summed E-state index contributed by atoms with van der Waals surface area (Å²) >= 11 is 0. The lowest BCUT2D eigenvalue weighted by Crippen LogP contribution is -2.31. The van der Waals surface area contributed by atoms with E-state index in [4.69, 9.17) is 0 Å². The highest BCUT2D eigenvalue weighted by molar-refractivity contribution is 5.64. The average Bonchev–Trinajstić information content (AvgIpc) is 2.95. The Morgan fingerprint density at radius 2 is 1.91 bits per heavy atom. The van der Waals surface area contributed by atoms with Crippen LogP contribution in [0.2, 0.25) is 0 Å². The van der Waals surface area contributed by atoms with Gasteiger partial charge in [-0.1, -0.05) is 0 Å². The highest BCUT2D eigenvalue weighted by Crippen LogP contribution is 2.27. The van der Waals surface area contributed by atoms with Crippen molar-refractivity contribution in [1.82, 2.24) is 19.4 Å². The lowest BCUT2D eigenvalue weighted by Gasteiger charge is -2.17. The molecule has 120 valence electrons. The molecule has 3 heterocycles. The highest BCUT2D eigenvalue weighted by Gasteiger charge is 2.38. The maximum Gasteiger partial charge on any atom is 0.425 e. The third-order valence-electron chi connectivity index (χ3n) is 3.15. The van der Waals surface area contributed by atoms with Gasteiger partial charge in [0.25, 0.3) is 5.88 Å². The minimum absolute atomic E-state index is 0.318. The van der Waals surface area contributed by atoms with Crippen molar-refractivity contribution >= 4 is 5.52 Å². The molecular weight excluding hydrogens is 316 g/mol. The molecule has 0 aromatic carbocycles. The number of nitrogens with zero attached hydrogens (tertiary/aromatic N) is 4. The maximum atomic E-state index is 13.9. The number of imidazole rings is 1. The van der Waals surface area contributed by atoms with Gasteiger partial charge in [-0.25, -0.2) is 19.3 Å². The summed E-state index contributed by atoms with van der Waals surface area (Å²) in [4.78, 5) is 11.7. The minimum Gasteiger partial charge on any atom is -0.463 e. The first-order chi connectivity index (χ1) is 10.8. The topological polar surface area (TPSA) is 52.3 Å². The van der Waals surface area contributed by atoms with E-state index in [0.717, 1.165) is 18.5 Å². The van der Waals surface area contributed by atoms with Gasteiger partial charge < -0.3 is 4.74 Å². The number of aromatic nitrogens is 4. The Kier molecular flexibility index (Phi) is 3.63. The largest absolute Gasteiger partial charge is 0.463 e. The van der Waals surface area contributed by atoms with E-state index in [1.807, 2.05) is 0 Å². The molecule has 3 aromatic heterocycles. The molecule has 0 fully saturated rings. The molecule has 5 nitrogen and oxygen atoms in total. The van der Waals surface area contributed by atoms with Crippen molar-refractivity contribution in [3.05, 3.63) is 43.0 Å². The summed E-state index contributed by atoms with van der Waals surface area (Å²) in [5, 5.41) is 0. The zero-order valence-corrected chi connectivity index (χ0v) is 11.8. The lowest BCUT2D eigenvalue weighted by molar-refractivity contribution is -0.190. The summed E-state index contributed by atoms with van der Waals surface area (Å²) < 4.78 is 57.4. The van der Waals surface area contributed by atoms with Gasteiger partial charge in [-0.2, -0.15) is 13.2 Å². The third kappa shape index (κ3) is 3.08. The predicted molar refractivity (Wildman–Crippen MR) is 72.3 cm³/mol. The molecule has 0 aliphatic heterocycles. The zero-order chi connectivity index (χ0) is 16.6. The van der Waals surface area contributed by atoms with E-state index in [-0.39, 0.29) is 0 Å². The second-order valence-corrected chi connectivity index (χ2v) is 4.81. The summed E-state index contributed by atoms with van der Waals surface area (Å²) in [5.41, 5.74) is 1.47. The van der Waals surface area contributed by atoms with Crippen LogP contribution in [-0.4, -0.2) is 31.6 Å². The van der Waals surface area contributed by atoms with Gasteiger partial charge in [0.05, 0.1) is 17.4 Å². The first-order valence-electron chi connectivity index (χ1n) is 6.51. The van der Waals surface area contributed by atoms with Crippen LogP contribution in [0.3, 0.4) is 0 Å². The molecule has 9 heteroatoms. The normalized spacial score (nSPS) is 13.3. The molecule has 3 rings (SSSR count). The molecule has 3 aromatic rings. The van der Waals surface area contributed by atoms with E-state index in [0.29, 0.717) is 11.3 Å². The molecule has 0 amide bonds. The number of pyridine rings is 1. The molecule has 0 saturated carbocycles. The fourth-order valence-electron chi connectivity index (χ4n) is 1.87. The fourth-order valence-corrected chi connectivity index (χ4v) is 1.87. The van der Waals surface area contributed by atoms with Crippen molar-refractivity contribution in [1.29, 1.82) is 0 Å². The molecule has 0 saturated heterocycles. The second kappa shape index (κ2) is 5.49. The summed E-state index contributed by atoms with van der Waals surface area (Å²) in [7, 11) is 0. The van der Waals surface area contributed by atoms with Gasteiger partial charge in [-0.05, 0) is 19.1 Å². The summed E-state index contributed by atoms with van der Waals surface area (Å²) in [6, 6.07) is 2.68. The van der Waals surface area contributed by atoms with Gasteiger partial charge in [0.2, 0.25) is 0 Å². The van der Waals surface area contributed by atoms with Crippen LogP contribution < -0.4 is 4.74 Å². The van der Waals surface area contributed by atoms with Crippen molar-refractivity contribution in [2.24, 2.45) is 0 Å². The first-order valence-corrected chi connectivity index (χ1v) is 6.51. The Bertz CT molecular complexity index is 846. The molecule has 0 spiro atoms. The molecule has 23 heavy (non-hydrogen) atoms. The number of fused-ring (bicyclic) bond motifs is 1. The molecular formula is C14H10F4N4O. The zero-order valence-electron chi connectivity index (χ0n) is 11.8. The van der Waals surface area contributed by atoms with Crippen LogP contribution in [-0.2, 0) is 0 Å². The number of hydrogen-bond donors (Lipinski definition) is 0. The molecule has 1 atom stereocenters. The van der Waals surface area contributed by atoms with Crippen molar-refractivity contribution in [2.75, 3.05) is 0 Å². The van der Waals surface area contributed by atoms with Gasteiger partial charge in [-0.15, -0.1) is 0 Å². The van der Waals surface area contributed by atoms with Gasteiger partial charge >= 0.3 is 6.18 Å². The molecule has 0 bridgehead atoms. The fraction of sp³-hybridized carbons (Fsp3) is 0.214. The standard InChI is InChI=1S/C14H10F4N4O/c1-8(14(16,17)18)23-13-11(15)2-9(4-20-13)12-3-10-5-19-6-22(10)7-21-12/h2-8H,1H3/t8-/m0/s1. The second-order valence-electron chi connectivity index (χ2n) is 4.81. The van der Waals surface area contributed by atoms with Crippen LogP contribution in [0, 0.1) is 5.82 Å². The van der Waals surface area contributed by atoms with Crippen molar-refractivity contribution in [3.8, 4) is 17.1 Å². The Labute approximate surface area is 127 Å².